The first-order valence-corrected chi connectivity index (χ1v) is 19.7. The van der Waals surface area contributed by atoms with Crippen molar-refractivity contribution in [1.82, 2.24) is 4.57 Å². The van der Waals surface area contributed by atoms with Gasteiger partial charge in [-0.1, -0.05) is 117 Å². The summed E-state index contributed by atoms with van der Waals surface area (Å²) in [5.41, 5.74) is 11.2. The van der Waals surface area contributed by atoms with E-state index in [9.17, 15) is 0 Å². The number of rotatable bonds is 6. The second-order valence-electron chi connectivity index (χ2n) is 11.8. The number of hydrogen-bond acceptors (Lipinski definition) is 5. The zero-order valence-electron chi connectivity index (χ0n) is 29.0. The number of hydrogen-bond donors (Lipinski definition) is 2. The van der Waals surface area contributed by atoms with E-state index in [2.05, 4.69) is 185 Å². The summed E-state index contributed by atoms with van der Waals surface area (Å²) in [5, 5.41) is 2.53. The number of nitrogens with zero attached hydrogens (tertiary/aromatic N) is 3. The fourth-order valence-corrected chi connectivity index (χ4v) is 8.14. The number of aromatic nitrogens is 1. The molecule has 0 fully saturated rings. The molecule has 6 heteroatoms. The number of para-hydroxylation sites is 2. The van der Waals surface area contributed by atoms with E-state index in [4.69, 9.17) is 0 Å². The van der Waals surface area contributed by atoms with E-state index < -0.39 is 0 Å². The third-order valence-electron chi connectivity index (χ3n) is 9.17. The highest BCUT2D eigenvalue weighted by Gasteiger charge is 2.27. The first-order valence-electron chi connectivity index (χ1n) is 17.3. The van der Waals surface area contributed by atoms with Crippen LogP contribution in [0.4, 0.5) is 17.1 Å². The zero-order chi connectivity index (χ0) is 35.0. The van der Waals surface area contributed by atoms with Crippen molar-refractivity contribution >= 4 is 85.9 Å². The summed E-state index contributed by atoms with van der Waals surface area (Å²) in [6.07, 6.45) is 12.7. The molecule has 2 aliphatic rings. The third-order valence-corrected chi connectivity index (χ3v) is 10.4. The Labute approximate surface area is 311 Å². The fraction of sp³-hybridized carbons (Fsp3) is 0.159. The first kappa shape index (κ1) is 35.5. The molecular formula is C44H43N3S3. The summed E-state index contributed by atoms with van der Waals surface area (Å²) in [4.78, 5) is 9.30. The number of benzene rings is 5. The molecule has 50 heavy (non-hydrogen) atoms. The van der Waals surface area contributed by atoms with Crippen LogP contribution in [0.25, 0.3) is 38.6 Å². The van der Waals surface area contributed by atoms with Crippen molar-refractivity contribution in [3.05, 3.63) is 145 Å². The Morgan fingerprint density at radius 1 is 0.820 bits per heavy atom. The van der Waals surface area contributed by atoms with Gasteiger partial charge < -0.3 is 9.47 Å². The van der Waals surface area contributed by atoms with Crippen molar-refractivity contribution < 1.29 is 0 Å². The minimum Gasteiger partial charge on any atom is -0.313 e. The van der Waals surface area contributed by atoms with E-state index in [0.717, 1.165) is 18.5 Å². The van der Waals surface area contributed by atoms with Crippen LogP contribution in [-0.2, 0) is 0 Å². The van der Waals surface area contributed by atoms with Crippen LogP contribution in [0.1, 0.15) is 40.5 Å². The fourth-order valence-electron chi connectivity index (χ4n) is 6.94. The van der Waals surface area contributed by atoms with E-state index in [0.29, 0.717) is 5.92 Å². The van der Waals surface area contributed by atoms with Crippen LogP contribution < -0.4 is 4.90 Å². The van der Waals surface area contributed by atoms with Gasteiger partial charge in [0.25, 0.3) is 0 Å². The molecule has 0 spiro atoms. The average molecular weight is 710 g/mol. The molecule has 3 heterocycles. The van der Waals surface area contributed by atoms with Gasteiger partial charge in [-0.3, -0.25) is 4.99 Å². The molecule has 2 aliphatic heterocycles. The minimum absolute atomic E-state index is 0.349. The maximum atomic E-state index is 4.31. The molecule has 6 aromatic rings. The van der Waals surface area contributed by atoms with Gasteiger partial charge in [-0.25, -0.2) is 0 Å². The molecule has 0 N–H and O–H groups in total. The van der Waals surface area contributed by atoms with E-state index in [1.165, 1.54) is 65.4 Å². The van der Waals surface area contributed by atoms with Crippen LogP contribution in [0.5, 0.6) is 0 Å². The van der Waals surface area contributed by atoms with Crippen LogP contribution in [0.15, 0.2) is 160 Å². The number of fused-ring (bicyclic) bond motifs is 5. The van der Waals surface area contributed by atoms with E-state index in [1.807, 2.05) is 38.0 Å². The molecule has 1 atom stereocenters. The molecule has 1 aromatic heterocycles. The molecule has 0 amide bonds. The summed E-state index contributed by atoms with van der Waals surface area (Å²) < 4.78 is 2.47. The molecule has 0 saturated heterocycles. The molecule has 8 rings (SSSR count). The highest BCUT2D eigenvalue weighted by molar-refractivity contribution is 8.59. The van der Waals surface area contributed by atoms with Gasteiger partial charge in [-0.15, -0.1) is 23.3 Å². The van der Waals surface area contributed by atoms with Crippen LogP contribution in [0.3, 0.4) is 0 Å². The standard InChI is InChI=1S/C42H35N3S.C2H6.H2S2/c1-3-29(30-23-25-43-26-24-30)27-32(4-2)44-37-17-9-8-15-35(37)36-28-33(21-22-38(36)44)45-39-18-10-11-20-41(39)46-42-34(16-12-19-40(42)45)31-13-6-5-7-14-31;2*1-2/h3,5-23,25-28,30H,4,24H2,1-2H3;1-2H3;1-2H/b29-3+,32-27+;;. The van der Waals surface area contributed by atoms with Gasteiger partial charge in [0.05, 0.1) is 22.4 Å². The summed E-state index contributed by atoms with van der Waals surface area (Å²) in [6, 6.07) is 42.1. The molecule has 0 saturated carbocycles. The van der Waals surface area contributed by atoms with Crippen LogP contribution in [0, 0.1) is 5.92 Å². The van der Waals surface area contributed by atoms with Gasteiger partial charge in [-0.2, -0.15) is 0 Å². The summed E-state index contributed by atoms with van der Waals surface area (Å²) >= 11 is 8.31. The predicted octanol–water partition coefficient (Wildman–Crippen LogP) is 14.0. The third kappa shape index (κ3) is 6.72. The highest BCUT2D eigenvalue weighted by Crippen LogP contribution is 2.54. The van der Waals surface area contributed by atoms with Crippen molar-refractivity contribution in [3.8, 4) is 11.1 Å². The van der Waals surface area contributed by atoms with E-state index in [1.54, 1.807) is 0 Å². The second-order valence-corrected chi connectivity index (χ2v) is 12.8. The van der Waals surface area contributed by atoms with Crippen LogP contribution in [0.2, 0.25) is 0 Å². The maximum absolute atomic E-state index is 4.31. The highest BCUT2D eigenvalue weighted by atomic mass is 33.1. The Morgan fingerprint density at radius 2 is 1.54 bits per heavy atom. The Balaban J connectivity index is 0.00000104. The number of thiol groups is 2. The van der Waals surface area contributed by atoms with Gasteiger partial charge in [0.1, 0.15) is 0 Å². The SMILES string of the molecule is C/C=C(\C=C(/CC)n1c2ccccc2c2cc(N3c4ccccc4Sc4c(-c5ccccc5)cccc43)ccc21)C1C=CN=CC1.CC.SS. The number of aliphatic imine (C=N–C) groups is 1. The van der Waals surface area contributed by atoms with Crippen molar-refractivity contribution in [1.29, 1.82) is 0 Å². The molecule has 252 valence electrons. The topological polar surface area (TPSA) is 20.5 Å². The van der Waals surface area contributed by atoms with Gasteiger partial charge in [0.2, 0.25) is 0 Å². The molecule has 1 unspecified atom stereocenters. The van der Waals surface area contributed by atoms with Crippen molar-refractivity contribution in [2.45, 2.75) is 50.3 Å². The second kappa shape index (κ2) is 16.6. The molecular weight excluding hydrogens is 667 g/mol. The quantitative estimate of drug-likeness (QED) is 0.102. The molecule has 0 bridgehead atoms. The summed E-state index contributed by atoms with van der Waals surface area (Å²) in [5.74, 6) is 0.349. The van der Waals surface area contributed by atoms with E-state index >= 15 is 0 Å². The monoisotopic (exact) mass is 709 g/mol. The Bertz CT molecular complexity index is 2230. The van der Waals surface area contributed by atoms with Crippen LogP contribution >= 0.6 is 35.1 Å². The van der Waals surface area contributed by atoms with Gasteiger partial charge >= 0.3 is 0 Å². The summed E-state index contributed by atoms with van der Waals surface area (Å²) in [6.45, 7) is 8.41. The normalized spacial score (nSPS) is 15.2. The van der Waals surface area contributed by atoms with Crippen molar-refractivity contribution in [3.63, 3.8) is 0 Å². The lowest BCUT2D eigenvalue weighted by atomic mass is 9.93. The Kier molecular flexibility index (Phi) is 11.7. The zero-order valence-corrected chi connectivity index (χ0v) is 31.6. The van der Waals surface area contributed by atoms with Crippen molar-refractivity contribution in [2.75, 3.05) is 4.90 Å². The van der Waals surface area contributed by atoms with Crippen molar-refractivity contribution in [2.24, 2.45) is 10.9 Å². The van der Waals surface area contributed by atoms with Gasteiger partial charge in [0, 0.05) is 50.3 Å². The molecule has 0 aliphatic carbocycles. The molecule has 0 radical (unpaired) electrons. The largest absolute Gasteiger partial charge is 0.313 e. The smallest absolute Gasteiger partial charge is 0.0607 e. The lowest BCUT2D eigenvalue weighted by molar-refractivity contribution is 0.813. The van der Waals surface area contributed by atoms with Gasteiger partial charge in [-0.05, 0) is 85.0 Å². The predicted molar refractivity (Wildman–Crippen MR) is 227 cm³/mol. The van der Waals surface area contributed by atoms with Crippen LogP contribution in [-0.4, -0.2) is 10.8 Å². The number of anilines is 3. The lowest BCUT2D eigenvalue weighted by Gasteiger charge is -2.34. The molecule has 5 aromatic carbocycles. The first-order chi connectivity index (χ1) is 24.7. The lowest BCUT2D eigenvalue weighted by Crippen LogP contribution is -2.15. The maximum Gasteiger partial charge on any atom is 0.0607 e. The number of allylic oxidation sites excluding steroid dienone is 5. The Morgan fingerprint density at radius 3 is 2.30 bits per heavy atom. The average Bonchev–Trinajstić information content (AvgIpc) is 3.53. The van der Waals surface area contributed by atoms with Gasteiger partial charge in [0.15, 0.2) is 0 Å². The Hall–Kier alpha value is -4.36. The van der Waals surface area contributed by atoms with E-state index in [-0.39, 0.29) is 0 Å². The summed E-state index contributed by atoms with van der Waals surface area (Å²) in [7, 11) is 0. The molecule has 3 nitrogen and oxygen atoms in total. The minimum atomic E-state index is 0.349.